The molecule has 1 amide bonds. The van der Waals surface area contributed by atoms with E-state index in [1.165, 1.54) is 53.3 Å². The van der Waals surface area contributed by atoms with Gasteiger partial charge in [-0.3, -0.25) is 9.48 Å². The minimum Gasteiger partial charge on any atom is -0.486 e. The van der Waals surface area contributed by atoms with Crippen molar-refractivity contribution < 1.29 is 22.7 Å². The van der Waals surface area contributed by atoms with Crippen molar-refractivity contribution in [3.63, 3.8) is 0 Å². The Balaban J connectivity index is 1.37. The number of hydrogen-bond donors (Lipinski definition) is 1. The van der Waals surface area contributed by atoms with Crippen LogP contribution in [0.15, 0.2) is 71.3 Å². The monoisotopic (exact) mass is 443 g/mol. The van der Waals surface area contributed by atoms with Gasteiger partial charge in [0.1, 0.15) is 34.8 Å². The molecule has 9 heteroatoms. The molecule has 2 heterocycles. The van der Waals surface area contributed by atoms with E-state index in [0.717, 1.165) is 0 Å². The Kier molecular flexibility index (Phi) is 5.99. The van der Waals surface area contributed by atoms with Crippen LogP contribution >= 0.6 is 11.6 Å². The molecule has 0 bridgehead atoms. The van der Waals surface area contributed by atoms with E-state index >= 15 is 0 Å². The second-order valence-electron chi connectivity index (χ2n) is 6.62. The Labute approximate surface area is 181 Å². The van der Waals surface area contributed by atoms with Crippen LogP contribution < -0.4 is 10.1 Å². The van der Waals surface area contributed by atoms with Gasteiger partial charge in [0.2, 0.25) is 0 Å². The minimum absolute atomic E-state index is 0.0495. The largest absolute Gasteiger partial charge is 0.486 e. The fourth-order valence-corrected chi connectivity index (χ4v) is 3.01. The molecule has 2 aromatic heterocycles. The summed E-state index contributed by atoms with van der Waals surface area (Å²) >= 11 is 6.16. The maximum Gasteiger partial charge on any atom is 0.292 e. The van der Waals surface area contributed by atoms with Crippen LogP contribution in [0.5, 0.6) is 5.75 Å². The van der Waals surface area contributed by atoms with Crippen molar-refractivity contribution in [2.75, 3.05) is 5.32 Å². The molecule has 0 spiro atoms. The Morgan fingerprint density at radius 1 is 1.10 bits per heavy atom. The van der Waals surface area contributed by atoms with Crippen molar-refractivity contribution in [2.24, 2.45) is 0 Å². The summed E-state index contributed by atoms with van der Waals surface area (Å²) in [5, 5.41) is 7.04. The van der Waals surface area contributed by atoms with Crippen molar-refractivity contribution in [1.82, 2.24) is 9.78 Å². The standard InChI is InChI=1S/C22H16ClF2N3O3/c23-19-12-28(11-14-2-1-3-16(25)10-14)27-21(19)26-22(29)20-9-8-18(31-20)13-30-17-6-4-15(24)5-7-17/h1-10,12H,11,13H2,(H,26,27,29). The number of nitrogens with one attached hydrogen (secondary N) is 1. The fourth-order valence-electron chi connectivity index (χ4n) is 2.82. The van der Waals surface area contributed by atoms with Crippen LogP contribution in [0, 0.1) is 11.6 Å². The summed E-state index contributed by atoms with van der Waals surface area (Å²) in [5.74, 6) is -0.151. The molecule has 0 radical (unpaired) electrons. The van der Waals surface area contributed by atoms with E-state index in [1.54, 1.807) is 18.2 Å². The number of carbonyl (C=O) groups is 1. The highest BCUT2D eigenvalue weighted by Gasteiger charge is 2.16. The Morgan fingerprint density at radius 3 is 2.68 bits per heavy atom. The second kappa shape index (κ2) is 9.01. The number of halogens is 3. The lowest BCUT2D eigenvalue weighted by Crippen LogP contribution is -2.12. The molecule has 6 nitrogen and oxygen atoms in total. The van der Waals surface area contributed by atoms with Crippen LogP contribution in [-0.4, -0.2) is 15.7 Å². The molecule has 31 heavy (non-hydrogen) atoms. The first-order chi connectivity index (χ1) is 15.0. The predicted octanol–water partition coefficient (Wildman–Crippen LogP) is 5.29. The van der Waals surface area contributed by atoms with E-state index in [-0.39, 0.29) is 34.8 Å². The summed E-state index contributed by atoms with van der Waals surface area (Å²) in [6, 6.07) is 14.8. The molecule has 4 aromatic rings. The van der Waals surface area contributed by atoms with E-state index in [2.05, 4.69) is 10.4 Å². The molecular weight excluding hydrogens is 428 g/mol. The number of anilines is 1. The topological polar surface area (TPSA) is 69.3 Å². The van der Waals surface area contributed by atoms with Gasteiger partial charge in [-0.15, -0.1) is 0 Å². The first-order valence-corrected chi connectivity index (χ1v) is 9.60. The van der Waals surface area contributed by atoms with Gasteiger partial charge in [-0.25, -0.2) is 8.78 Å². The highest BCUT2D eigenvalue weighted by atomic mass is 35.5. The van der Waals surface area contributed by atoms with Gasteiger partial charge in [0.25, 0.3) is 5.91 Å². The molecule has 158 valence electrons. The van der Waals surface area contributed by atoms with Crippen molar-refractivity contribution in [1.29, 1.82) is 0 Å². The third-order valence-electron chi connectivity index (χ3n) is 4.26. The predicted molar refractivity (Wildman–Crippen MR) is 110 cm³/mol. The number of nitrogens with zero attached hydrogens (tertiary/aromatic N) is 2. The number of benzene rings is 2. The van der Waals surface area contributed by atoms with Gasteiger partial charge in [-0.1, -0.05) is 23.7 Å². The molecule has 0 saturated carbocycles. The SMILES string of the molecule is O=C(Nc1nn(Cc2cccc(F)c2)cc1Cl)c1ccc(COc2ccc(F)cc2)o1. The van der Waals surface area contributed by atoms with E-state index in [4.69, 9.17) is 20.8 Å². The van der Waals surface area contributed by atoms with Crippen LogP contribution in [0.4, 0.5) is 14.6 Å². The molecule has 2 aromatic carbocycles. The second-order valence-corrected chi connectivity index (χ2v) is 7.02. The number of aromatic nitrogens is 2. The number of amides is 1. The molecule has 0 aliphatic rings. The average molecular weight is 444 g/mol. The minimum atomic E-state index is -0.536. The molecule has 0 atom stereocenters. The number of hydrogen-bond acceptors (Lipinski definition) is 4. The van der Waals surface area contributed by atoms with Crippen molar-refractivity contribution >= 4 is 23.3 Å². The van der Waals surface area contributed by atoms with E-state index in [9.17, 15) is 13.6 Å². The smallest absolute Gasteiger partial charge is 0.292 e. The Bertz CT molecular complexity index is 1200. The summed E-state index contributed by atoms with van der Waals surface area (Å²) in [4.78, 5) is 12.5. The van der Waals surface area contributed by atoms with Crippen LogP contribution in [0.25, 0.3) is 0 Å². The first-order valence-electron chi connectivity index (χ1n) is 9.22. The molecule has 0 saturated heterocycles. The maximum absolute atomic E-state index is 13.3. The van der Waals surface area contributed by atoms with Crippen molar-refractivity contribution in [2.45, 2.75) is 13.2 Å². The van der Waals surface area contributed by atoms with Crippen LogP contribution in [0.2, 0.25) is 5.02 Å². The summed E-state index contributed by atoms with van der Waals surface area (Å²) in [5.41, 5.74) is 0.703. The van der Waals surface area contributed by atoms with E-state index < -0.39 is 5.91 Å². The molecule has 0 fully saturated rings. The van der Waals surface area contributed by atoms with Gasteiger partial charge in [-0.2, -0.15) is 5.10 Å². The fraction of sp³-hybridized carbons (Fsp3) is 0.0909. The molecule has 0 aliphatic heterocycles. The number of carbonyl (C=O) groups excluding carboxylic acids is 1. The average Bonchev–Trinajstić information content (AvgIpc) is 3.34. The summed E-state index contributed by atoms with van der Waals surface area (Å²) in [6.45, 7) is 0.362. The van der Waals surface area contributed by atoms with Gasteiger partial charge in [0, 0.05) is 6.20 Å². The van der Waals surface area contributed by atoms with E-state index in [1.807, 2.05) is 0 Å². The third kappa shape index (κ3) is 5.29. The van der Waals surface area contributed by atoms with Crippen LogP contribution in [0.3, 0.4) is 0 Å². The number of rotatable bonds is 7. The quantitative estimate of drug-likeness (QED) is 0.421. The Morgan fingerprint density at radius 2 is 1.90 bits per heavy atom. The van der Waals surface area contributed by atoms with Crippen LogP contribution in [-0.2, 0) is 13.2 Å². The van der Waals surface area contributed by atoms with Gasteiger partial charge < -0.3 is 14.5 Å². The third-order valence-corrected chi connectivity index (χ3v) is 4.54. The van der Waals surface area contributed by atoms with Gasteiger partial charge in [0.15, 0.2) is 11.6 Å². The van der Waals surface area contributed by atoms with Crippen LogP contribution in [0.1, 0.15) is 21.9 Å². The van der Waals surface area contributed by atoms with Gasteiger partial charge >= 0.3 is 0 Å². The number of furan rings is 1. The Hall–Kier alpha value is -3.65. The lowest BCUT2D eigenvalue weighted by Gasteiger charge is -2.04. The normalized spacial score (nSPS) is 10.8. The van der Waals surface area contributed by atoms with E-state index in [0.29, 0.717) is 23.6 Å². The van der Waals surface area contributed by atoms with Gasteiger partial charge in [-0.05, 0) is 54.1 Å². The summed E-state index contributed by atoms with van der Waals surface area (Å²) in [7, 11) is 0. The lowest BCUT2D eigenvalue weighted by molar-refractivity contribution is 0.0992. The summed E-state index contributed by atoms with van der Waals surface area (Å²) in [6.07, 6.45) is 1.53. The number of ether oxygens (including phenoxy) is 1. The maximum atomic E-state index is 13.3. The molecular formula is C22H16ClF2N3O3. The zero-order valence-corrected chi connectivity index (χ0v) is 16.8. The highest BCUT2D eigenvalue weighted by molar-refractivity contribution is 6.33. The van der Waals surface area contributed by atoms with Crippen molar-refractivity contribution in [3.8, 4) is 5.75 Å². The van der Waals surface area contributed by atoms with Gasteiger partial charge in [0.05, 0.1) is 6.54 Å². The molecule has 1 N–H and O–H groups in total. The summed E-state index contributed by atoms with van der Waals surface area (Å²) < 4.78 is 38.7. The lowest BCUT2D eigenvalue weighted by atomic mass is 10.2. The molecule has 4 rings (SSSR count). The zero-order valence-electron chi connectivity index (χ0n) is 16.0. The molecule has 0 unspecified atom stereocenters. The van der Waals surface area contributed by atoms with Crippen molar-refractivity contribution in [3.05, 3.63) is 101 Å². The molecule has 0 aliphatic carbocycles. The zero-order chi connectivity index (χ0) is 21.8. The first kappa shape index (κ1) is 20.6. The highest BCUT2D eigenvalue weighted by Crippen LogP contribution is 2.22.